The van der Waals surface area contributed by atoms with Gasteiger partial charge in [-0.15, -0.1) is 0 Å². The largest absolute Gasteiger partial charge is 0.505 e. The molecule has 2 aromatic carbocycles. The van der Waals surface area contributed by atoms with E-state index in [2.05, 4.69) is 9.83 Å². The standard InChI is InChI=1S/C21H17FN4O4S/c1-23-16-9-13(22)7-6-12(16)10-26-11-15-17(21(26)28)20(27)18-14(5-4-8-24-18)19(15)25(2)31(3,29)30/h4-9,27H,10-11H2,2-3H3. The maximum atomic E-state index is 13.5. The van der Waals surface area contributed by atoms with Crippen molar-refractivity contribution in [3.63, 3.8) is 0 Å². The number of aromatic nitrogens is 1. The lowest BCUT2D eigenvalue weighted by Gasteiger charge is -2.22. The first kappa shape index (κ1) is 20.6. The first-order valence-electron chi connectivity index (χ1n) is 9.15. The molecule has 3 aromatic rings. The number of anilines is 1. The number of rotatable bonds is 4. The van der Waals surface area contributed by atoms with E-state index in [9.17, 15) is 22.7 Å². The quantitative estimate of drug-likeness (QED) is 0.629. The second kappa shape index (κ2) is 7.21. The van der Waals surface area contributed by atoms with Crippen molar-refractivity contribution in [3.05, 3.63) is 70.5 Å². The lowest BCUT2D eigenvalue weighted by atomic mass is 10.0. The normalized spacial score (nSPS) is 13.4. The van der Waals surface area contributed by atoms with Crippen molar-refractivity contribution in [2.24, 2.45) is 0 Å². The van der Waals surface area contributed by atoms with E-state index in [1.54, 1.807) is 12.1 Å². The van der Waals surface area contributed by atoms with E-state index in [-0.39, 0.29) is 41.3 Å². The molecular formula is C21H17FN4O4S. The minimum atomic E-state index is -3.68. The monoisotopic (exact) mass is 440 g/mol. The number of halogens is 1. The zero-order chi connectivity index (χ0) is 22.5. The van der Waals surface area contributed by atoms with Gasteiger partial charge in [-0.25, -0.2) is 17.7 Å². The van der Waals surface area contributed by atoms with Crippen LogP contribution < -0.4 is 4.31 Å². The molecule has 2 heterocycles. The maximum absolute atomic E-state index is 13.5. The summed E-state index contributed by atoms with van der Waals surface area (Å²) in [5.41, 5.74) is 1.22. The third-order valence-electron chi connectivity index (χ3n) is 5.30. The Morgan fingerprint density at radius 2 is 2.10 bits per heavy atom. The van der Waals surface area contributed by atoms with E-state index in [0.717, 1.165) is 16.6 Å². The number of hydrogen-bond donors (Lipinski definition) is 1. The third kappa shape index (κ3) is 3.33. The molecule has 158 valence electrons. The molecule has 0 saturated heterocycles. The summed E-state index contributed by atoms with van der Waals surface area (Å²) in [7, 11) is -2.30. The highest BCUT2D eigenvalue weighted by Gasteiger charge is 2.37. The maximum Gasteiger partial charge on any atom is 0.258 e. The highest BCUT2D eigenvalue weighted by Crippen LogP contribution is 2.44. The average molecular weight is 440 g/mol. The Kier molecular flexibility index (Phi) is 4.78. The van der Waals surface area contributed by atoms with Crippen molar-refractivity contribution in [1.29, 1.82) is 0 Å². The summed E-state index contributed by atoms with van der Waals surface area (Å²) in [6.45, 7) is 7.27. The molecule has 10 heteroatoms. The van der Waals surface area contributed by atoms with Gasteiger partial charge in [0.1, 0.15) is 11.3 Å². The number of benzene rings is 2. The van der Waals surface area contributed by atoms with Crippen LogP contribution in [0.2, 0.25) is 0 Å². The van der Waals surface area contributed by atoms with E-state index in [0.29, 0.717) is 16.5 Å². The number of sulfonamides is 1. The molecule has 8 nitrogen and oxygen atoms in total. The van der Waals surface area contributed by atoms with Crippen LogP contribution in [0.1, 0.15) is 21.5 Å². The van der Waals surface area contributed by atoms with Crippen LogP contribution in [-0.2, 0) is 23.1 Å². The summed E-state index contributed by atoms with van der Waals surface area (Å²) in [6.07, 6.45) is 2.49. The molecule has 0 saturated carbocycles. The zero-order valence-corrected chi connectivity index (χ0v) is 17.4. The van der Waals surface area contributed by atoms with Gasteiger partial charge in [0.25, 0.3) is 5.91 Å². The highest BCUT2D eigenvalue weighted by atomic mass is 32.2. The number of carbonyl (C=O) groups is 1. The number of pyridine rings is 1. The fourth-order valence-corrected chi connectivity index (χ4v) is 4.31. The van der Waals surface area contributed by atoms with Crippen LogP contribution in [-0.4, -0.2) is 42.6 Å². The number of nitrogens with zero attached hydrogens (tertiary/aromatic N) is 4. The van der Waals surface area contributed by atoms with Gasteiger partial charge in [-0.1, -0.05) is 6.07 Å². The predicted octanol–water partition coefficient (Wildman–Crippen LogP) is 3.18. The van der Waals surface area contributed by atoms with Crippen molar-refractivity contribution in [2.75, 3.05) is 17.6 Å². The fourth-order valence-electron chi connectivity index (χ4n) is 3.77. The smallest absolute Gasteiger partial charge is 0.258 e. The molecule has 1 N–H and O–H groups in total. The van der Waals surface area contributed by atoms with Gasteiger partial charge in [0.2, 0.25) is 10.0 Å². The molecule has 0 aliphatic carbocycles. The number of fused-ring (bicyclic) bond motifs is 2. The van der Waals surface area contributed by atoms with Crippen LogP contribution in [0.4, 0.5) is 15.8 Å². The summed E-state index contributed by atoms with van der Waals surface area (Å²) in [4.78, 5) is 22.0. The van der Waals surface area contributed by atoms with Gasteiger partial charge in [0.05, 0.1) is 24.1 Å². The van der Waals surface area contributed by atoms with E-state index >= 15 is 0 Å². The van der Waals surface area contributed by atoms with Gasteiger partial charge in [-0.3, -0.25) is 14.1 Å². The number of phenols is 1. The van der Waals surface area contributed by atoms with E-state index in [1.165, 1.54) is 30.3 Å². The zero-order valence-electron chi connectivity index (χ0n) is 16.6. The van der Waals surface area contributed by atoms with Gasteiger partial charge in [0.15, 0.2) is 11.4 Å². The van der Waals surface area contributed by atoms with Crippen LogP contribution in [0.5, 0.6) is 5.75 Å². The average Bonchev–Trinajstić information content (AvgIpc) is 3.04. The number of amides is 1. The fraction of sp³-hybridized carbons (Fsp3) is 0.190. The Morgan fingerprint density at radius 1 is 1.35 bits per heavy atom. The van der Waals surface area contributed by atoms with Crippen LogP contribution in [0.15, 0.2) is 36.5 Å². The molecule has 1 amide bonds. The Balaban J connectivity index is 1.89. The number of carbonyl (C=O) groups excluding carboxylic acids is 1. The molecule has 0 atom stereocenters. The van der Waals surface area contributed by atoms with Gasteiger partial charge in [-0.2, -0.15) is 0 Å². The number of aromatic hydroxyl groups is 1. The molecule has 0 spiro atoms. The summed E-state index contributed by atoms with van der Waals surface area (Å²) >= 11 is 0. The molecule has 4 rings (SSSR count). The molecule has 0 unspecified atom stereocenters. The molecule has 0 fully saturated rings. The number of hydrogen-bond acceptors (Lipinski definition) is 5. The molecule has 31 heavy (non-hydrogen) atoms. The summed E-state index contributed by atoms with van der Waals surface area (Å²) in [5, 5.41) is 11.2. The Labute approximate surface area is 178 Å². The summed E-state index contributed by atoms with van der Waals surface area (Å²) in [6, 6.07) is 6.97. The molecule has 0 radical (unpaired) electrons. The molecule has 1 aliphatic rings. The van der Waals surface area contributed by atoms with Crippen molar-refractivity contribution >= 4 is 38.2 Å². The van der Waals surface area contributed by atoms with E-state index in [1.807, 2.05) is 0 Å². The second-order valence-electron chi connectivity index (χ2n) is 7.23. The molecular weight excluding hydrogens is 423 g/mol. The van der Waals surface area contributed by atoms with Gasteiger partial charge >= 0.3 is 0 Å². The van der Waals surface area contributed by atoms with Gasteiger partial charge in [-0.05, 0) is 29.8 Å². The van der Waals surface area contributed by atoms with Crippen LogP contribution in [0, 0.1) is 12.4 Å². The Hall–Kier alpha value is -3.71. The molecule has 1 aromatic heterocycles. The molecule has 0 bridgehead atoms. The topological polar surface area (TPSA) is 95.2 Å². The molecule has 1 aliphatic heterocycles. The lowest BCUT2D eigenvalue weighted by Crippen LogP contribution is -2.26. The van der Waals surface area contributed by atoms with Crippen LogP contribution >= 0.6 is 0 Å². The van der Waals surface area contributed by atoms with E-state index in [4.69, 9.17) is 6.57 Å². The van der Waals surface area contributed by atoms with Gasteiger partial charge < -0.3 is 10.0 Å². The highest BCUT2D eigenvalue weighted by molar-refractivity contribution is 7.92. The van der Waals surface area contributed by atoms with E-state index < -0.39 is 21.7 Å². The Bertz CT molecular complexity index is 1400. The predicted molar refractivity (Wildman–Crippen MR) is 113 cm³/mol. The summed E-state index contributed by atoms with van der Waals surface area (Å²) < 4.78 is 39.2. The minimum absolute atomic E-state index is 0.00322. The van der Waals surface area contributed by atoms with Crippen molar-refractivity contribution < 1.29 is 22.7 Å². The van der Waals surface area contributed by atoms with Crippen molar-refractivity contribution in [1.82, 2.24) is 9.88 Å². The summed E-state index contributed by atoms with van der Waals surface area (Å²) in [5.74, 6) is -1.41. The third-order valence-corrected chi connectivity index (χ3v) is 6.48. The van der Waals surface area contributed by atoms with Crippen LogP contribution in [0.25, 0.3) is 15.7 Å². The van der Waals surface area contributed by atoms with Crippen molar-refractivity contribution in [3.8, 4) is 5.75 Å². The SMILES string of the molecule is [C-]#[N+]c1cc(F)ccc1CN1Cc2c(c(O)c3ncccc3c2N(C)S(C)(=O)=O)C1=O. The first-order chi connectivity index (χ1) is 14.6. The first-order valence-corrected chi connectivity index (χ1v) is 11.0. The van der Waals surface area contributed by atoms with Crippen LogP contribution in [0.3, 0.4) is 0 Å². The van der Waals surface area contributed by atoms with Gasteiger partial charge in [0, 0.05) is 37.3 Å². The minimum Gasteiger partial charge on any atom is -0.505 e. The van der Waals surface area contributed by atoms with Crippen molar-refractivity contribution in [2.45, 2.75) is 13.1 Å². The lowest BCUT2D eigenvalue weighted by molar-refractivity contribution is 0.0765. The Morgan fingerprint density at radius 3 is 2.77 bits per heavy atom. The second-order valence-corrected chi connectivity index (χ2v) is 9.24. The number of phenolic OH excluding ortho intramolecular Hbond substituents is 1.